The van der Waals surface area contributed by atoms with Crippen molar-refractivity contribution in [3.8, 4) is 5.75 Å². The van der Waals surface area contributed by atoms with Crippen LogP contribution in [0.1, 0.15) is 5.56 Å². The molecule has 2 rings (SSSR count). The minimum absolute atomic E-state index is 0.322. The van der Waals surface area contributed by atoms with Crippen molar-refractivity contribution in [1.82, 2.24) is 10.3 Å². The lowest BCUT2D eigenvalue weighted by Crippen LogP contribution is -2.42. The first-order valence-corrected chi connectivity index (χ1v) is 5.81. The van der Waals surface area contributed by atoms with Crippen molar-refractivity contribution in [2.24, 2.45) is 0 Å². The molecule has 1 aromatic heterocycles. The van der Waals surface area contributed by atoms with E-state index >= 15 is 0 Å². The number of fused-ring (bicyclic) bond motifs is 1. The Bertz CT molecular complexity index is 594. The maximum Gasteiger partial charge on any atom is 0.116 e. The third-order valence-electron chi connectivity index (χ3n) is 2.56. The van der Waals surface area contributed by atoms with Crippen molar-refractivity contribution in [2.45, 2.75) is 6.42 Å². The van der Waals surface area contributed by atoms with E-state index in [1.807, 2.05) is 19.3 Å². The summed E-state index contributed by atoms with van der Waals surface area (Å²) in [5.41, 5.74) is 2.32. The van der Waals surface area contributed by atoms with Crippen LogP contribution in [0.4, 0.5) is 0 Å². The lowest BCUT2D eigenvalue weighted by atomic mass is 10.1. The molecule has 20 heavy (non-hydrogen) atoms. The summed E-state index contributed by atoms with van der Waals surface area (Å²) >= 11 is 0. The molecule has 7 heteroatoms. The van der Waals surface area contributed by atoms with Gasteiger partial charge in [-0.05, 0) is 43.8 Å². The number of carbonyl (C=O) groups excluding carboxylic acids is 2. The van der Waals surface area contributed by atoms with Crippen LogP contribution in [0.15, 0.2) is 24.4 Å². The second-order valence-corrected chi connectivity index (χ2v) is 3.97. The fourth-order valence-electron chi connectivity index (χ4n) is 1.63. The van der Waals surface area contributed by atoms with E-state index in [0.29, 0.717) is 5.75 Å². The Morgan fingerprint density at radius 2 is 1.95 bits per heavy atom. The molecule has 0 aliphatic carbocycles. The van der Waals surface area contributed by atoms with Gasteiger partial charge in [-0.1, -0.05) is 0 Å². The number of rotatable bonds is 3. The molecule has 0 saturated heterocycles. The highest BCUT2D eigenvalue weighted by Gasteiger charge is 2.03. The number of likely N-dealkylation sites (N-methyl/N-ethyl adjacent to an activating group) is 1. The van der Waals surface area contributed by atoms with Crippen LogP contribution >= 0.6 is 0 Å². The summed E-state index contributed by atoms with van der Waals surface area (Å²) in [6.45, 7) is 0.947. The number of hydrogen-bond acceptors (Lipinski definition) is 6. The molecule has 0 spiro atoms. The monoisotopic (exact) mass is 278 g/mol. The Kier molecular flexibility index (Phi) is 5.55. The summed E-state index contributed by atoms with van der Waals surface area (Å²) in [5, 5.41) is 31.4. The van der Waals surface area contributed by atoms with Crippen molar-refractivity contribution in [3.05, 3.63) is 30.0 Å². The van der Waals surface area contributed by atoms with Gasteiger partial charge < -0.3 is 35.2 Å². The van der Waals surface area contributed by atoms with Crippen LogP contribution in [-0.4, -0.2) is 35.6 Å². The predicted molar refractivity (Wildman–Crippen MR) is 67.6 cm³/mol. The van der Waals surface area contributed by atoms with Crippen molar-refractivity contribution in [2.75, 3.05) is 13.6 Å². The first-order valence-electron chi connectivity index (χ1n) is 5.81. The number of aromatic hydroxyl groups is 1. The van der Waals surface area contributed by atoms with Crippen LogP contribution in [-0.2, 0) is 16.0 Å². The summed E-state index contributed by atoms with van der Waals surface area (Å²) in [6, 6.07) is 5.39. The Labute approximate surface area is 114 Å². The maximum absolute atomic E-state index is 9.37. The lowest BCUT2D eigenvalue weighted by molar-refractivity contribution is -0.345. The number of aliphatic carboxylic acids is 2. The second kappa shape index (κ2) is 7.15. The molecule has 0 fully saturated rings. The zero-order chi connectivity index (χ0) is 15.1. The number of carbonyl (C=O) groups is 2. The van der Waals surface area contributed by atoms with Gasteiger partial charge in [0.15, 0.2) is 0 Å². The number of H-pyrrole nitrogens is 1. The van der Waals surface area contributed by atoms with Crippen LogP contribution in [0.5, 0.6) is 5.75 Å². The van der Waals surface area contributed by atoms with Gasteiger partial charge in [-0.25, -0.2) is 0 Å². The van der Waals surface area contributed by atoms with Crippen molar-refractivity contribution in [3.63, 3.8) is 0 Å². The Hall–Kier alpha value is -2.54. The van der Waals surface area contributed by atoms with E-state index in [9.17, 15) is 5.11 Å². The van der Waals surface area contributed by atoms with Gasteiger partial charge in [0.25, 0.3) is 0 Å². The highest BCUT2D eigenvalue weighted by Crippen LogP contribution is 2.22. The Morgan fingerprint density at radius 1 is 1.30 bits per heavy atom. The van der Waals surface area contributed by atoms with Gasteiger partial charge in [0.1, 0.15) is 5.75 Å². The maximum atomic E-state index is 9.37. The molecule has 0 bridgehead atoms. The number of aromatic nitrogens is 1. The smallest absolute Gasteiger partial charge is 0.116 e. The number of hydrogen-bond donors (Lipinski definition) is 3. The SMILES string of the molecule is CNCCc1c[nH]c2ccc(O)cc12.O=C([O-])C(=O)[O-]. The quantitative estimate of drug-likeness (QED) is 0.564. The van der Waals surface area contributed by atoms with E-state index in [1.54, 1.807) is 12.1 Å². The molecule has 0 aliphatic heterocycles. The Morgan fingerprint density at radius 3 is 2.50 bits per heavy atom. The van der Waals surface area contributed by atoms with E-state index in [-0.39, 0.29) is 0 Å². The molecule has 1 aromatic carbocycles. The number of nitrogens with one attached hydrogen (secondary N) is 2. The fraction of sp³-hybridized carbons (Fsp3) is 0.231. The van der Waals surface area contributed by atoms with Crippen molar-refractivity contribution < 1.29 is 24.9 Å². The van der Waals surface area contributed by atoms with Crippen molar-refractivity contribution in [1.29, 1.82) is 0 Å². The highest BCUT2D eigenvalue weighted by atomic mass is 16.4. The molecule has 108 valence electrons. The summed E-state index contributed by atoms with van der Waals surface area (Å²) in [5.74, 6) is -4.05. The van der Waals surface area contributed by atoms with E-state index in [2.05, 4.69) is 10.3 Å². The van der Waals surface area contributed by atoms with E-state index < -0.39 is 11.9 Å². The summed E-state index contributed by atoms with van der Waals surface area (Å²) in [6.07, 6.45) is 2.97. The van der Waals surface area contributed by atoms with Gasteiger partial charge in [-0.2, -0.15) is 0 Å². The normalized spacial score (nSPS) is 9.85. The molecule has 3 N–H and O–H groups in total. The third kappa shape index (κ3) is 4.29. The Balaban J connectivity index is 0.000000286. The van der Waals surface area contributed by atoms with Crippen LogP contribution < -0.4 is 15.5 Å². The number of benzene rings is 1. The number of carboxylic acid groups (broad SMARTS) is 2. The van der Waals surface area contributed by atoms with Gasteiger partial charge in [0.05, 0.1) is 11.9 Å². The first-order chi connectivity index (χ1) is 9.45. The molecule has 1 heterocycles. The number of phenols is 1. The number of carboxylic acids is 2. The van der Waals surface area contributed by atoms with Gasteiger partial charge in [0.2, 0.25) is 0 Å². The van der Waals surface area contributed by atoms with Gasteiger partial charge in [-0.3, -0.25) is 0 Å². The largest absolute Gasteiger partial charge is 0.543 e. The van der Waals surface area contributed by atoms with Gasteiger partial charge >= 0.3 is 0 Å². The van der Waals surface area contributed by atoms with Crippen LogP contribution in [0, 0.1) is 0 Å². The zero-order valence-corrected chi connectivity index (χ0v) is 10.8. The van der Waals surface area contributed by atoms with Crippen LogP contribution in [0.3, 0.4) is 0 Å². The highest BCUT2D eigenvalue weighted by molar-refractivity contribution is 6.25. The first kappa shape index (κ1) is 15.5. The molecule has 0 aliphatic rings. The number of phenolic OH excluding ortho intramolecular Hbond substituents is 1. The molecule has 7 nitrogen and oxygen atoms in total. The van der Waals surface area contributed by atoms with Crippen LogP contribution in [0.25, 0.3) is 10.9 Å². The predicted octanol–water partition coefficient (Wildman–Crippen LogP) is -1.88. The average Bonchev–Trinajstić information content (AvgIpc) is 2.79. The molecular formula is C13H14N2O5-2. The van der Waals surface area contributed by atoms with E-state index in [1.165, 1.54) is 5.56 Å². The molecular weight excluding hydrogens is 264 g/mol. The topological polar surface area (TPSA) is 128 Å². The molecule has 0 atom stereocenters. The van der Waals surface area contributed by atoms with E-state index in [4.69, 9.17) is 19.8 Å². The molecule has 0 amide bonds. The standard InChI is InChI=1S/C11H14N2O.C2H2O4/c1-12-5-4-8-7-13-11-3-2-9(14)6-10(8)11;3-1(4)2(5)6/h2-3,6-7,12-14H,4-5H2,1H3;(H,3,4)(H,5,6)/p-2. The summed E-state index contributed by atoms with van der Waals surface area (Å²) < 4.78 is 0. The summed E-state index contributed by atoms with van der Waals surface area (Å²) in [7, 11) is 1.94. The van der Waals surface area contributed by atoms with Gasteiger partial charge in [-0.15, -0.1) is 0 Å². The second-order valence-electron chi connectivity index (χ2n) is 3.97. The molecule has 0 radical (unpaired) electrons. The zero-order valence-electron chi connectivity index (χ0n) is 10.8. The number of aromatic amines is 1. The molecule has 0 unspecified atom stereocenters. The van der Waals surface area contributed by atoms with Gasteiger partial charge in [0, 0.05) is 17.1 Å². The third-order valence-corrected chi connectivity index (χ3v) is 2.56. The molecule has 0 saturated carbocycles. The minimum Gasteiger partial charge on any atom is -0.543 e. The average molecular weight is 278 g/mol. The molecule has 2 aromatic rings. The van der Waals surface area contributed by atoms with Crippen molar-refractivity contribution >= 4 is 22.8 Å². The minimum atomic E-state index is -2.19. The lowest BCUT2D eigenvalue weighted by Gasteiger charge is -1.98. The fourth-order valence-corrected chi connectivity index (χ4v) is 1.63. The van der Waals surface area contributed by atoms with E-state index in [0.717, 1.165) is 23.9 Å². The van der Waals surface area contributed by atoms with Crippen LogP contribution in [0.2, 0.25) is 0 Å². The summed E-state index contributed by atoms with van der Waals surface area (Å²) in [4.78, 5) is 21.0.